The smallest absolute Gasteiger partial charge is 0.211 e. The Labute approximate surface area is 121 Å². The Hall–Kier alpha value is -0.820. The minimum atomic E-state index is -3.06. The molecule has 1 saturated carbocycles. The van der Waals surface area contributed by atoms with Gasteiger partial charge in [0.1, 0.15) is 0 Å². The summed E-state index contributed by atoms with van der Waals surface area (Å²) < 4.78 is 24.4. The number of hydrogen-bond acceptors (Lipinski definition) is 3. The molecular formula is C13H26N4O2S. The zero-order valence-corrected chi connectivity index (χ0v) is 13.0. The summed E-state index contributed by atoms with van der Waals surface area (Å²) in [4.78, 5) is 4.38. The van der Waals surface area contributed by atoms with Gasteiger partial charge in [-0.3, -0.25) is 4.99 Å². The van der Waals surface area contributed by atoms with E-state index >= 15 is 0 Å². The van der Waals surface area contributed by atoms with Crippen molar-refractivity contribution in [3.05, 3.63) is 0 Å². The van der Waals surface area contributed by atoms with Crippen molar-refractivity contribution in [2.24, 2.45) is 16.6 Å². The molecule has 0 aromatic heterocycles. The van der Waals surface area contributed by atoms with Crippen LogP contribution < -0.4 is 11.1 Å². The van der Waals surface area contributed by atoms with Crippen LogP contribution in [0.1, 0.15) is 38.5 Å². The highest BCUT2D eigenvalue weighted by Gasteiger charge is 2.28. The van der Waals surface area contributed by atoms with E-state index in [1.54, 1.807) is 0 Å². The summed E-state index contributed by atoms with van der Waals surface area (Å²) in [6.07, 6.45) is 8.31. The first kappa shape index (κ1) is 15.6. The maximum absolute atomic E-state index is 11.4. The first-order valence-electron chi connectivity index (χ1n) is 7.47. The Bertz CT molecular complexity index is 443. The lowest BCUT2D eigenvalue weighted by atomic mass is 9.96. The van der Waals surface area contributed by atoms with Gasteiger partial charge in [0.2, 0.25) is 10.0 Å². The number of hydrogen-bond donors (Lipinski definition) is 2. The molecule has 1 unspecified atom stereocenters. The number of nitrogens with two attached hydrogens (primary N) is 1. The van der Waals surface area contributed by atoms with Gasteiger partial charge in [-0.05, 0) is 25.2 Å². The zero-order valence-electron chi connectivity index (χ0n) is 12.2. The SMILES string of the molecule is CS(=O)(=O)N1CCC(CN=C(N)NC2CCCCC2)C1. The number of guanidine groups is 1. The van der Waals surface area contributed by atoms with E-state index in [0.717, 1.165) is 6.42 Å². The molecular weight excluding hydrogens is 276 g/mol. The molecule has 20 heavy (non-hydrogen) atoms. The van der Waals surface area contributed by atoms with Crippen molar-refractivity contribution >= 4 is 16.0 Å². The van der Waals surface area contributed by atoms with Gasteiger partial charge in [0, 0.05) is 25.7 Å². The molecule has 0 amide bonds. The molecule has 1 aliphatic heterocycles. The third-order valence-corrected chi connectivity index (χ3v) is 5.46. The summed E-state index contributed by atoms with van der Waals surface area (Å²) in [5, 5.41) is 3.28. The number of nitrogens with zero attached hydrogens (tertiary/aromatic N) is 2. The minimum Gasteiger partial charge on any atom is -0.370 e. The lowest BCUT2D eigenvalue weighted by molar-refractivity contribution is 0.411. The van der Waals surface area contributed by atoms with Crippen molar-refractivity contribution in [2.75, 3.05) is 25.9 Å². The molecule has 0 aromatic carbocycles. The highest BCUT2D eigenvalue weighted by molar-refractivity contribution is 7.88. The molecule has 1 aliphatic carbocycles. The lowest BCUT2D eigenvalue weighted by Gasteiger charge is -2.23. The van der Waals surface area contributed by atoms with Gasteiger partial charge < -0.3 is 11.1 Å². The molecule has 7 heteroatoms. The second-order valence-corrected chi connectivity index (χ2v) is 7.96. The average Bonchev–Trinajstić information content (AvgIpc) is 2.86. The van der Waals surface area contributed by atoms with E-state index in [0.29, 0.717) is 31.6 Å². The normalized spacial score (nSPS) is 26.9. The van der Waals surface area contributed by atoms with Crippen LogP contribution in [0, 0.1) is 5.92 Å². The molecule has 2 fully saturated rings. The minimum absolute atomic E-state index is 0.288. The fourth-order valence-electron chi connectivity index (χ4n) is 2.98. The van der Waals surface area contributed by atoms with Crippen molar-refractivity contribution in [1.29, 1.82) is 0 Å². The van der Waals surface area contributed by atoms with Gasteiger partial charge in [-0.25, -0.2) is 12.7 Å². The van der Waals surface area contributed by atoms with Crippen LogP contribution in [-0.2, 0) is 10.0 Å². The fourth-order valence-corrected chi connectivity index (χ4v) is 3.90. The van der Waals surface area contributed by atoms with Crippen LogP contribution in [0.25, 0.3) is 0 Å². The van der Waals surface area contributed by atoms with Crippen molar-refractivity contribution in [3.63, 3.8) is 0 Å². The van der Waals surface area contributed by atoms with Crippen LogP contribution in [-0.4, -0.2) is 50.6 Å². The quantitative estimate of drug-likeness (QED) is 0.585. The van der Waals surface area contributed by atoms with E-state index in [9.17, 15) is 8.42 Å². The van der Waals surface area contributed by atoms with E-state index in [1.807, 2.05) is 0 Å². The fraction of sp³-hybridized carbons (Fsp3) is 0.923. The molecule has 0 spiro atoms. The Kier molecular flexibility index (Phi) is 5.26. The Morgan fingerprint density at radius 3 is 2.60 bits per heavy atom. The van der Waals surface area contributed by atoms with Gasteiger partial charge in [0.25, 0.3) is 0 Å². The van der Waals surface area contributed by atoms with E-state index in [-0.39, 0.29) is 5.92 Å². The third-order valence-electron chi connectivity index (χ3n) is 4.19. The van der Waals surface area contributed by atoms with Crippen LogP contribution in [0.5, 0.6) is 0 Å². The first-order chi connectivity index (χ1) is 9.45. The number of aliphatic imine (C=N–C) groups is 1. The van der Waals surface area contributed by atoms with Crippen LogP contribution in [0.2, 0.25) is 0 Å². The summed E-state index contributed by atoms with van der Waals surface area (Å²) in [5.74, 6) is 0.797. The van der Waals surface area contributed by atoms with E-state index < -0.39 is 10.0 Å². The van der Waals surface area contributed by atoms with Gasteiger partial charge in [-0.15, -0.1) is 0 Å². The number of rotatable bonds is 4. The summed E-state index contributed by atoms with van der Waals surface area (Å²) >= 11 is 0. The standard InChI is InChI=1S/C13H26N4O2S/c1-20(18,19)17-8-7-11(10-17)9-15-13(14)16-12-5-3-2-4-6-12/h11-12H,2-10H2,1H3,(H3,14,15,16). The molecule has 1 heterocycles. The van der Waals surface area contributed by atoms with Gasteiger partial charge in [0.05, 0.1) is 6.26 Å². The molecule has 1 atom stereocenters. The monoisotopic (exact) mass is 302 g/mol. The molecule has 0 bridgehead atoms. The number of nitrogens with one attached hydrogen (secondary N) is 1. The maximum Gasteiger partial charge on any atom is 0.211 e. The van der Waals surface area contributed by atoms with Gasteiger partial charge >= 0.3 is 0 Å². The summed E-state index contributed by atoms with van der Waals surface area (Å²) in [6, 6.07) is 0.462. The number of sulfonamides is 1. The maximum atomic E-state index is 11.4. The third kappa shape index (κ3) is 4.63. The van der Waals surface area contributed by atoms with Gasteiger partial charge in [0.15, 0.2) is 5.96 Å². The first-order valence-corrected chi connectivity index (χ1v) is 9.31. The zero-order chi connectivity index (χ0) is 14.6. The van der Waals surface area contributed by atoms with Crippen molar-refractivity contribution in [2.45, 2.75) is 44.6 Å². The van der Waals surface area contributed by atoms with Crippen molar-refractivity contribution in [1.82, 2.24) is 9.62 Å². The van der Waals surface area contributed by atoms with Crippen LogP contribution in [0.3, 0.4) is 0 Å². The van der Waals surface area contributed by atoms with E-state index in [4.69, 9.17) is 5.73 Å². The molecule has 116 valence electrons. The molecule has 2 aliphatic rings. The molecule has 0 aromatic rings. The second-order valence-electron chi connectivity index (χ2n) is 5.98. The Balaban J connectivity index is 1.75. The lowest BCUT2D eigenvalue weighted by Crippen LogP contribution is -2.41. The Morgan fingerprint density at radius 1 is 1.30 bits per heavy atom. The Morgan fingerprint density at radius 2 is 2.00 bits per heavy atom. The highest BCUT2D eigenvalue weighted by atomic mass is 32.2. The topological polar surface area (TPSA) is 87.8 Å². The largest absolute Gasteiger partial charge is 0.370 e. The van der Waals surface area contributed by atoms with Crippen LogP contribution in [0.15, 0.2) is 4.99 Å². The van der Waals surface area contributed by atoms with E-state index in [1.165, 1.54) is 42.7 Å². The molecule has 1 saturated heterocycles. The van der Waals surface area contributed by atoms with Crippen LogP contribution >= 0.6 is 0 Å². The summed E-state index contributed by atoms with van der Waals surface area (Å²) in [5.41, 5.74) is 5.91. The summed E-state index contributed by atoms with van der Waals surface area (Å²) in [7, 11) is -3.06. The summed E-state index contributed by atoms with van der Waals surface area (Å²) in [6.45, 7) is 1.78. The van der Waals surface area contributed by atoms with Crippen LogP contribution in [0.4, 0.5) is 0 Å². The molecule has 2 rings (SSSR count). The highest BCUT2D eigenvalue weighted by Crippen LogP contribution is 2.19. The second kappa shape index (κ2) is 6.76. The molecule has 6 nitrogen and oxygen atoms in total. The van der Waals surface area contributed by atoms with Gasteiger partial charge in [-0.1, -0.05) is 19.3 Å². The van der Waals surface area contributed by atoms with Crippen molar-refractivity contribution in [3.8, 4) is 0 Å². The van der Waals surface area contributed by atoms with Crippen molar-refractivity contribution < 1.29 is 8.42 Å². The van der Waals surface area contributed by atoms with E-state index in [2.05, 4.69) is 10.3 Å². The van der Waals surface area contributed by atoms with Gasteiger partial charge in [-0.2, -0.15) is 0 Å². The predicted molar refractivity (Wildman–Crippen MR) is 81.0 cm³/mol. The predicted octanol–water partition coefficient (Wildman–Crippen LogP) is 0.505. The molecule has 0 radical (unpaired) electrons. The molecule has 3 N–H and O–H groups in total. The average molecular weight is 302 g/mol.